The van der Waals surface area contributed by atoms with Gasteiger partial charge in [-0.05, 0) is 40.7 Å². The molecule has 0 amide bonds. The van der Waals surface area contributed by atoms with Crippen LogP contribution < -0.4 is 4.90 Å². The van der Waals surface area contributed by atoms with Gasteiger partial charge >= 0.3 is 0 Å². The van der Waals surface area contributed by atoms with Gasteiger partial charge in [-0.1, -0.05) is 17.8 Å². The van der Waals surface area contributed by atoms with E-state index in [1.54, 1.807) is 11.8 Å². The molecule has 2 aromatic heterocycles. The van der Waals surface area contributed by atoms with Crippen molar-refractivity contribution in [2.24, 2.45) is 0 Å². The van der Waals surface area contributed by atoms with Gasteiger partial charge in [-0.25, -0.2) is 9.97 Å². The van der Waals surface area contributed by atoms with Gasteiger partial charge in [0.1, 0.15) is 5.82 Å². The summed E-state index contributed by atoms with van der Waals surface area (Å²) in [6, 6.07) is 7.21. The zero-order valence-corrected chi connectivity index (χ0v) is 15.3. The number of piperidine rings is 1. The van der Waals surface area contributed by atoms with Gasteiger partial charge in [-0.15, -0.1) is 0 Å². The molecule has 2 unspecified atom stereocenters. The first-order valence-corrected chi connectivity index (χ1v) is 9.73. The van der Waals surface area contributed by atoms with Crippen LogP contribution in [0.15, 0.2) is 40.2 Å². The molecule has 3 aliphatic rings. The maximum atomic E-state index is 4.70. The standard InChI is InChI=1S/C16H18BrN5S/c1-23-16-19-7-14(17)15(20-16)22-12-6-13(22)10-21(9-12)8-11-4-2-3-5-18-11/h2-5,7,12-13H,6,8-10H2,1H3. The number of hydrogen-bond acceptors (Lipinski definition) is 6. The van der Waals surface area contributed by atoms with E-state index in [4.69, 9.17) is 4.98 Å². The van der Waals surface area contributed by atoms with Crippen LogP contribution in [0.4, 0.5) is 5.82 Å². The fraction of sp³-hybridized carbons (Fsp3) is 0.438. The van der Waals surface area contributed by atoms with Crippen molar-refractivity contribution in [2.75, 3.05) is 24.2 Å². The zero-order chi connectivity index (χ0) is 15.8. The van der Waals surface area contributed by atoms with Gasteiger partial charge in [0, 0.05) is 44.1 Å². The molecule has 0 spiro atoms. The van der Waals surface area contributed by atoms with Crippen LogP contribution in [0.5, 0.6) is 0 Å². The maximum Gasteiger partial charge on any atom is 0.189 e. The number of rotatable bonds is 4. The van der Waals surface area contributed by atoms with Gasteiger partial charge in [-0.2, -0.15) is 0 Å². The molecular weight excluding hydrogens is 374 g/mol. The second kappa shape index (κ2) is 6.37. The molecule has 3 aliphatic heterocycles. The van der Waals surface area contributed by atoms with E-state index < -0.39 is 0 Å². The summed E-state index contributed by atoms with van der Waals surface area (Å²) in [5.74, 6) is 1.04. The molecule has 5 rings (SSSR count). The van der Waals surface area contributed by atoms with Crippen LogP contribution in [0.2, 0.25) is 0 Å². The van der Waals surface area contributed by atoms with Crippen LogP contribution in [0.25, 0.3) is 0 Å². The lowest BCUT2D eigenvalue weighted by Crippen LogP contribution is -2.69. The molecule has 3 saturated heterocycles. The van der Waals surface area contributed by atoms with Crippen LogP contribution in [-0.4, -0.2) is 51.3 Å². The molecule has 0 aromatic carbocycles. The van der Waals surface area contributed by atoms with E-state index >= 15 is 0 Å². The molecule has 2 atom stereocenters. The molecule has 5 heterocycles. The van der Waals surface area contributed by atoms with Crippen molar-refractivity contribution in [1.29, 1.82) is 0 Å². The summed E-state index contributed by atoms with van der Waals surface area (Å²) in [6.45, 7) is 3.07. The Kier molecular flexibility index (Phi) is 4.26. The number of fused-ring (bicyclic) bond motifs is 2. The Morgan fingerprint density at radius 2 is 2.09 bits per heavy atom. The average Bonchev–Trinajstić information content (AvgIpc) is 2.57. The maximum absolute atomic E-state index is 4.70. The molecule has 0 radical (unpaired) electrons. The zero-order valence-electron chi connectivity index (χ0n) is 12.9. The molecule has 7 heteroatoms. The number of piperazine rings is 1. The largest absolute Gasteiger partial charge is 0.347 e. The number of anilines is 1. The molecule has 0 N–H and O–H groups in total. The van der Waals surface area contributed by atoms with Gasteiger partial charge in [-0.3, -0.25) is 9.88 Å². The minimum Gasteiger partial charge on any atom is -0.347 e. The number of halogens is 1. The lowest BCUT2D eigenvalue weighted by molar-refractivity contribution is 0.106. The second-order valence-corrected chi connectivity index (χ2v) is 7.62. The highest BCUT2D eigenvalue weighted by molar-refractivity contribution is 9.10. The lowest BCUT2D eigenvalue weighted by Gasteiger charge is -2.57. The second-order valence-electron chi connectivity index (χ2n) is 5.99. The first-order valence-electron chi connectivity index (χ1n) is 7.71. The molecule has 2 aromatic rings. The van der Waals surface area contributed by atoms with Gasteiger partial charge in [0.2, 0.25) is 0 Å². The Morgan fingerprint density at radius 1 is 1.26 bits per heavy atom. The van der Waals surface area contributed by atoms with Gasteiger partial charge < -0.3 is 4.90 Å². The van der Waals surface area contributed by atoms with Crippen LogP contribution in [0.1, 0.15) is 12.1 Å². The Hall–Kier alpha value is -1.18. The smallest absolute Gasteiger partial charge is 0.189 e. The lowest BCUT2D eigenvalue weighted by atomic mass is 9.87. The van der Waals surface area contributed by atoms with Crippen molar-refractivity contribution in [3.05, 3.63) is 40.8 Å². The molecule has 2 bridgehead atoms. The highest BCUT2D eigenvalue weighted by Gasteiger charge is 2.45. The van der Waals surface area contributed by atoms with Gasteiger partial charge in [0.25, 0.3) is 0 Å². The third-order valence-corrected chi connectivity index (χ3v) is 5.63. The summed E-state index contributed by atoms with van der Waals surface area (Å²) in [4.78, 5) is 18.4. The fourth-order valence-electron chi connectivity index (χ4n) is 3.51. The van der Waals surface area contributed by atoms with Crippen LogP contribution >= 0.6 is 27.7 Å². The summed E-state index contributed by atoms with van der Waals surface area (Å²) in [7, 11) is 0. The third-order valence-electron chi connectivity index (χ3n) is 4.51. The summed E-state index contributed by atoms with van der Waals surface area (Å²) in [6.07, 6.45) is 7.00. The first-order chi connectivity index (χ1) is 11.2. The highest BCUT2D eigenvalue weighted by atomic mass is 79.9. The van der Waals surface area contributed by atoms with E-state index in [1.807, 2.05) is 24.7 Å². The predicted octanol–water partition coefficient (Wildman–Crippen LogP) is 2.82. The van der Waals surface area contributed by atoms with E-state index in [9.17, 15) is 0 Å². The van der Waals surface area contributed by atoms with E-state index in [0.29, 0.717) is 12.1 Å². The van der Waals surface area contributed by atoms with E-state index in [0.717, 1.165) is 40.8 Å². The minimum absolute atomic E-state index is 0.540. The molecule has 0 saturated carbocycles. The fourth-order valence-corrected chi connectivity index (χ4v) is 4.25. The summed E-state index contributed by atoms with van der Waals surface area (Å²) in [5, 5.41) is 0.832. The molecule has 23 heavy (non-hydrogen) atoms. The molecular formula is C16H18BrN5S. The quantitative estimate of drug-likeness (QED) is 0.589. The number of thioether (sulfide) groups is 1. The van der Waals surface area contributed by atoms with Crippen LogP contribution in [0.3, 0.4) is 0 Å². The van der Waals surface area contributed by atoms with Gasteiger partial charge in [0.15, 0.2) is 5.16 Å². The Morgan fingerprint density at radius 3 is 2.78 bits per heavy atom. The average molecular weight is 392 g/mol. The van der Waals surface area contributed by atoms with E-state index in [2.05, 4.69) is 47.8 Å². The van der Waals surface area contributed by atoms with Gasteiger partial charge in [0.05, 0.1) is 10.2 Å². The molecule has 5 nitrogen and oxygen atoms in total. The van der Waals surface area contributed by atoms with Crippen LogP contribution in [0, 0.1) is 0 Å². The summed E-state index contributed by atoms with van der Waals surface area (Å²) >= 11 is 5.20. The Labute approximate surface area is 148 Å². The number of nitrogens with zero attached hydrogens (tertiary/aromatic N) is 5. The topological polar surface area (TPSA) is 45.2 Å². The Bertz CT molecular complexity index is 686. The normalized spacial score (nSPS) is 23.7. The number of hydrogen-bond donors (Lipinski definition) is 0. The predicted molar refractivity (Wildman–Crippen MR) is 95.7 cm³/mol. The molecule has 0 aliphatic carbocycles. The van der Waals surface area contributed by atoms with Crippen molar-refractivity contribution in [3.8, 4) is 0 Å². The molecule has 3 fully saturated rings. The van der Waals surface area contributed by atoms with Crippen LogP contribution in [-0.2, 0) is 6.54 Å². The minimum atomic E-state index is 0.540. The monoisotopic (exact) mass is 391 g/mol. The van der Waals surface area contributed by atoms with Crippen molar-refractivity contribution in [2.45, 2.75) is 30.2 Å². The van der Waals surface area contributed by atoms with Crippen molar-refractivity contribution >= 4 is 33.5 Å². The SMILES string of the molecule is CSc1ncc(Br)c(N2C3CC2CN(Cc2ccccn2)C3)n1. The number of pyridine rings is 1. The van der Waals surface area contributed by atoms with E-state index in [-0.39, 0.29) is 0 Å². The number of aromatic nitrogens is 3. The first kappa shape index (κ1) is 15.4. The third kappa shape index (κ3) is 2.97. The van der Waals surface area contributed by atoms with Crippen molar-refractivity contribution in [3.63, 3.8) is 0 Å². The molecule has 120 valence electrons. The Balaban J connectivity index is 1.48. The van der Waals surface area contributed by atoms with E-state index in [1.165, 1.54) is 6.42 Å². The highest BCUT2D eigenvalue weighted by Crippen LogP contribution is 2.39. The van der Waals surface area contributed by atoms with Crippen molar-refractivity contribution in [1.82, 2.24) is 19.9 Å². The summed E-state index contributed by atoms with van der Waals surface area (Å²) in [5.41, 5.74) is 1.15. The summed E-state index contributed by atoms with van der Waals surface area (Å²) < 4.78 is 0.989. The van der Waals surface area contributed by atoms with Crippen molar-refractivity contribution < 1.29 is 0 Å².